The number of fused-ring (bicyclic) bond motifs is 1. The molecule has 0 radical (unpaired) electrons. The highest BCUT2D eigenvalue weighted by molar-refractivity contribution is 6.31. The summed E-state index contributed by atoms with van der Waals surface area (Å²) in [5, 5.41) is 10.1. The molecule has 23 heavy (non-hydrogen) atoms. The standard InChI is InChI=1S/C16H20ClN3O3/c1-18-14(10-21)16(23)20-7-6-19(9-13(20)15(18)22)8-11-4-2-3-5-12(11)17/h2-5,13-14,21H,6-10H2,1H3/t13-,14+/m1/s1. The molecule has 6 nitrogen and oxygen atoms in total. The largest absolute Gasteiger partial charge is 0.394 e. The summed E-state index contributed by atoms with van der Waals surface area (Å²) in [5.74, 6) is -0.287. The molecule has 2 atom stereocenters. The number of hydrogen-bond donors (Lipinski definition) is 1. The van der Waals surface area contributed by atoms with Crippen molar-refractivity contribution in [2.45, 2.75) is 18.6 Å². The summed E-state index contributed by atoms with van der Waals surface area (Å²) in [6.07, 6.45) is 0. The van der Waals surface area contributed by atoms with E-state index in [0.29, 0.717) is 31.2 Å². The molecule has 0 unspecified atom stereocenters. The molecule has 7 heteroatoms. The molecular formula is C16H20ClN3O3. The zero-order valence-electron chi connectivity index (χ0n) is 13.0. The minimum absolute atomic E-state index is 0.118. The summed E-state index contributed by atoms with van der Waals surface area (Å²) in [5.41, 5.74) is 1.01. The van der Waals surface area contributed by atoms with Crippen LogP contribution in [-0.2, 0) is 16.1 Å². The van der Waals surface area contributed by atoms with Gasteiger partial charge in [0.1, 0.15) is 12.1 Å². The van der Waals surface area contributed by atoms with Crippen LogP contribution >= 0.6 is 11.6 Å². The number of likely N-dealkylation sites (N-methyl/N-ethyl adjacent to an activating group) is 1. The Kier molecular flexibility index (Phi) is 4.57. The average molecular weight is 338 g/mol. The van der Waals surface area contributed by atoms with Crippen molar-refractivity contribution < 1.29 is 14.7 Å². The molecule has 0 saturated carbocycles. The van der Waals surface area contributed by atoms with Crippen molar-refractivity contribution in [1.82, 2.24) is 14.7 Å². The fourth-order valence-corrected chi connectivity index (χ4v) is 3.47. The van der Waals surface area contributed by atoms with Gasteiger partial charge in [0, 0.05) is 38.2 Å². The number of nitrogens with zero attached hydrogens (tertiary/aromatic N) is 3. The quantitative estimate of drug-likeness (QED) is 0.855. The molecule has 0 aliphatic carbocycles. The second-order valence-corrected chi connectivity index (χ2v) is 6.43. The third-order valence-electron chi connectivity index (χ3n) is 4.66. The predicted molar refractivity (Wildman–Crippen MR) is 85.9 cm³/mol. The number of rotatable bonds is 3. The summed E-state index contributed by atoms with van der Waals surface area (Å²) < 4.78 is 0. The minimum Gasteiger partial charge on any atom is -0.394 e. The lowest BCUT2D eigenvalue weighted by Crippen LogP contribution is -2.69. The van der Waals surface area contributed by atoms with Crippen LogP contribution in [-0.4, -0.2) is 77.0 Å². The first-order valence-electron chi connectivity index (χ1n) is 7.66. The van der Waals surface area contributed by atoms with Crippen LogP contribution in [0, 0.1) is 0 Å². The molecule has 2 saturated heterocycles. The van der Waals surface area contributed by atoms with E-state index in [0.717, 1.165) is 5.56 Å². The smallest absolute Gasteiger partial charge is 0.248 e. The highest BCUT2D eigenvalue weighted by Crippen LogP contribution is 2.23. The first-order valence-corrected chi connectivity index (χ1v) is 8.04. The van der Waals surface area contributed by atoms with Gasteiger partial charge in [-0.25, -0.2) is 0 Å². The fraction of sp³-hybridized carbons (Fsp3) is 0.500. The summed E-state index contributed by atoms with van der Waals surface area (Å²) in [6.45, 7) is 1.97. The maximum Gasteiger partial charge on any atom is 0.248 e. The molecule has 0 bridgehead atoms. The Morgan fingerprint density at radius 3 is 2.65 bits per heavy atom. The molecule has 1 N–H and O–H groups in total. The molecule has 2 aliphatic rings. The van der Waals surface area contributed by atoms with Crippen molar-refractivity contribution in [3.63, 3.8) is 0 Å². The van der Waals surface area contributed by atoms with Crippen LogP contribution in [0.5, 0.6) is 0 Å². The lowest BCUT2D eigenvalue weighted by molar-refractivity contribution is -0.165. The molecule has 0 spiro atoms. The monoisotopic (exact) mass is 337 g/mol. The van der Waals surface area contributed by atoms with Crippen molar-refractivity contribution in [3.8, 4) is 0 Å². The van der Waals surface area contributed by atoms with Gasteiger partial charge in [-0.1, -0.05) is 29.8 Å². The summed E-state index contributed by atoms with van der Waals surface area (Å²) in [4.78, 5) is 30.0. The van der Waals surface area contributed by atoms with Gasteiger partial charge in [0.15, 0.2) is 0 Å². The Morgan fingerprint density at radius 2 is 1.96 bits per heavy atom. The van der Waals surface area contributed by atoms with Crippen molar-refractivity contribution >= 4 is 23.4 Å². The molecule has 2 amide bonds. The Hall–Kier alpha value is -1.63. The predicted octanol–water partition coefficient (Wildman–Crippen LogP) is 0.186. The minimum atomic E-state index is -0.756. The number of piperazine rings is 2. The van der Waals surface area contributed by atoms with Gasteiger partial charge in [0.05, 0.1) is 6.61 Å². The number of amides is 2. The molecule has 0 aromatic heterocycles. The van der Waals surface area contributed by atoms with Crippen LogP contribution in [0.25, 0.3) is 0 Å². The first-order chi connectivity index (χ1) is 11.0. The molecule has 2 aliphatic heterocycles. The van der Waals surface area contributed by atoms with Gasteiger partial charge in [0.25, 0.3) is 0 Å². The molecule has 3 rings (SSSR count). The Labute approximate surface area is 140 Å². The van der Waals surface area contributed by atoms with E-state index in [4.69, 9.17) is 11.6 Å². The third-order valence-corrected chi connectivity index (χ3v) is 5.03. The number of aliphatic hydroxyl groups is 1. The fourth-order valence-electron chi connectivity index (χ4n) is 3.27. The zero-order chi connectivity index (χ0) is 16.6. The average Bonchev–Trinajstić information content (AvgIpc) is 2.55. The first kappa shape index (κ1) is 16.2. The second kappa shape index (κ2) is 6.47. The van der Waals surface area contributed by atoms with Crippen molar-refractivity contribution in [2.24, 2.45) is 0 Å². The van der Waals surface area contributed by atoms with Gasteiger partial charge < -0.3 is 14.9 Å². The summed E-state index contributed by atoms with van der Waals surface area (Å²) >= 11 is 6.20. The van der Waals surface area contributed by atoms with Gasteiger partial charge >= 0.3 is 0 Å². The number of benzene rings is 1. The van der Waals surface area contributed by atoms with Gasteiger partial charge in [0.2, 0.25) is 11.8 Å². The SMILES string of the molecule is CN1C(=O)[C@H]2CN(Cc3ccccc3Cl)CCN2C(=O)[C@@H]1CO. The number of carbonyl (C=O) groups excluding carboxylic acids is 2. The van der Waals surface area contributed by atoms with Gasteiger partial charge in [-0.15, -0.1) is 0 Å². The van der Waals surface area contributed by atoms with E-state index in [1.165, 1.54) is 4.90 Å². The van der Waals surface area contributed by atoms with Crippen LogP contribution < -0.4 is 0 Å². The van der Waals surface area contributed by atoms with E-state index in [2.05, 4.69) is 4.90 Å². The number of carbonyl (C=O) groups is 2. The van der Waals surface area contributed by atoms with Gasteiger partial charge in [-0.3, -0.25) is 14.5 Å². The Bertz CT molecular complexity index is 624. The topological polar surface area (TPSA) is 64.1 Å². The van der Waals surface area contributed by atoms with Crippen molar-refractivity contribution in [3.05, 3.63) is 34.9 Å². The van der Waals surface area contributed by atoms with E-state index in [1.807, 2.05) is 24.3 Å². The lowest BCUT2D eigenvalue weighted by atomic mass is 10.0. The van der Waals surface area contributed by atoms with Crippen molar-refractivity contribution in [1.29, 1.82) is 0 Å². The van der Waals surface area contributed by atoms with Crippen LogP contribution in [0.2, 0.25) is 5.02 Å². The molecule has 2 fully saturated rings. The van der Waals surface area contributed by atoms with E-state index in [9.17, 15) is 14.7 Å². The molecule has 1 aromatic rings. The number of halogens is 1. The van der Waals surface area contributed by atoms with Crippen LogP contribution in [0.1, 0.15) is 5.56 Å². The number of hydrogen-bond acceptors (Lipinski definition) is 4. The highest BCUT2D eigenvalue weighted by Gasteiger charge is 2.46. The van der Waals surface area contributed by atoms with E-state index >= 15 is 0 Å². The summed E-state index contributed by atoms with van der Waals surface area (Å²) in [7, 11) is 1.57. The van der Waals surface area contributed by atoms with Gasteiger partial charge in [-0.05, 0) is 11.6 Å². The van der Waals surface area contributed by atoms with Gasteiger partial charge in [-0.2, -0.15) is 0 Å². The zero-order valence-corrected chi connectivity index (χ0v) is 13.7. The van der Waals surface area contributed by atoms with Crippen LogP contribution in [0.4, 0.5) is 0 Å². The number of aliphatic hydroxyl groups excluding tert-OH is 1. The Morgan fingerprint density at radius 1 is 1.22 bits per heavy atom. The van der Waals surface area contributed by atoms with E-state index in [-0.39, 0.29) is 18.4 Å². The van der Waals surface area contributed by atoms with E-state index in [1.54, 1.807) is 11.9 Å². The van der Waals surface area contributed by atoms with Crippen LogP contribution in [0.3, 0.4) is 0 Å². The second-order valence-electron chi connectivity index (χ2n) is 6.02. The van der Waals surface area contributed by atoms with Crippen molar-refractivity contribution in [2.75, 3.05) is 33.3 Å². The molecule has 1 aromatic carbocycles. The molecule has 2 heterocycles. The molecule has 124 valence electrons. The van der Waals surface area contributed by atoms with Crippen LogP contribution in [0.15, 0.2) is 24.3 Å². The Balaban J connectivity index is 1.74. The lowest BCUT2D eigenvalue weighted by Gasteiger charge is -2.48. The molecular weight excluding hydrogens is 318 g/mol. The summed E-state index contributed by atoms with van der Waals surface area (Å²) in [6, 6.07) is 6.41. The maximum absolute atomic E-state index is 12.5. The maximum atomic E-state index is 12.5. The normalized spacial score (nSPS) is 25.7. The highest BCUT2D eigenvalue weighted by atomic mass is 35.5. The third kappa shape index (κ3) is 2.94. The van der Waals surface area contributed by atoms with E-state index < -0.39 is 12.1 Å².